The molecule has 0 unspecified atom stereocenters. The molecule has 210 valence electrons. The largest absolute Gasteiger partial charge is 0.486 e. The fraction of sp³-hybridized carbons (Fsp3) is 0.182. The summed E-state index contributed by atoms with van der Waals surface area (Å²) in [4.78, 5) is 18.8. The molecule has 2 heterocycles. The van der Waals surface area contributed by atoms with E-state index in [9.17, 15) is 9.18 Å². The number of hydrogen-bond acceptors (Lipinski definition) is 6. The molecule has 0 saturated carbocycles. The molecule has 2 aromatic heterocycles. The van der Waals surface area contributed by atoms with Gasteiger partial charge in [0.15, 0.2) is 11.6 Å². The SMILES string of the molecule is CCCCc1nc2ccc(COc3ccccc3F)cc2c(=O)n1Cc1ccc(-c2ccccc2-n2cnnn2)cc1. The molecule has 0 N–H and O–H groups in total. The van der Waals surface area contributed by atoms with Gasteiger partial charge < -0.3 is 4.74 Å². The first-order chi connectivity index (χ1) is 20.6. The standard InChI is InChI=1S/C33H29FN6O2/c1-2-3-12-32-36-29-18-15-24(21-42-31-11-7-5-9-28(31)34)19-27(29)33(41)39(32)20-23-13-16-25(17-14-23)26-8-4-6-10-30(26)40-22-35-37-38-40/h4-11,13-19,22H,2-3,12,20-21H2,1H3. The van der Waals surface area contributed by atoms with Crippen LogP contribution in [0, 0.1) is 5.82 Å². The van der Waals surface area contributed by atoms with Gasteiger partial charge in [0.1, 0.15) is 18.8 Å². The number of ether oxygens (including phenoxy) is 1. The summed E-state index contributed by atoms with van der Waals surface area (Å²) in [5.74, 6) is 0.512. The lowest BCUT2D eigenvalue weighted by Crippen LogP contribution is -2.26. The predicted molar refractivity (Wildman–Crippen MR) is 159 cm³/mol. The number of nitrogens with zero attached hydrogens (tertiary/aromatic N) is 6. The maximum absolute atomic E-state index is 14.0. The van der Waals surface area contributed by atoms with Crippen molar-refractivity contribution in [3.8, 4) is 22.6 Å². The first kappa shape index (κ1) is 27.0. The van der Waals surface area contributed by atoms with Gasteiger partial charge in [-0.05, 0) is 63.9 Å². The first-order valence-corrected chi connectivity index (χ1v) is 13.9. The minimum Gasteiger partial charge on any atom is -0.486 e. The third-order valence-corrected chi connectivity index (χ3v) is 7.19. The third kappa shape index (κ3) is 5.67. The summed E-state index contributed by atoms with van der Waals surface area (Å²) in [5.41, 5.74) is 5.18. The minimum atomic E-state index is -0.423. The molecule has 0 aliphatic rings. The highest BCUT2D eigenvalue weighted by atomic mass is 19.1. The number of para-hydroxylation sites is 2. The van der Waals surface area contributed by atoms with Gasteiger partial charge in [0.2, 0.25) is 0 Å². The molecule has 0 aliphatic carbocycles. The van der Waals surface area contributed by atoms with Crippen LogP contribution in [0.2, 0.25) is 0 Å². The summed E-state index contributed by atoms with van der Waals surface area (Å²) in [6, 6.07) is 27.9. The fourth-order valence-electron chi connectivity index (χ4n) is 4.98. The van der Waals surface area contributed by atoms with Crippen molar-refractivity contribution in [3.05, 3.63) is 130 Å². The molecule has 0 spiro atoms. The highest BCUT2D eigenvalue weighted by Gasteiger charge is 2.14. The van der Waals surface area contributed by atoms with Gasteiger partial charge in [-0.15, -0.1) is 5.10 Å². The number of benzene rings is 4. The summed E-state index contributed by atoms with van der Waals surface area (Å²) in [7, 11) is 0. The monoisotopic (exact) mass is 560 g/mol. The Hall–Kier alpha value is -5.18. The van der Waals surface area contributed by atoms with Crippen molar-refractivity contribution < 1.29 is 9.13 Å². The smallest absolute Gasteiger partial charge is 0.261 e. The van der Waals surface area contributed by atoms with E-state index in [1.54, 1.807) is 39.8 Å². The van der Waals surface area contributed by atoms with Gasteiger partial charge in [0.05, 0.1) is 23.1 Å². The Bertz CT molecular complexity index is 1880. The van der Waals surface area contributed by atoms with Crippen LogP contribution in [0.25, 0.3) is 27.7 Å². The second-order valence-corrected chi connectivity index (χ2v) is 10.1. The highest BCUT2D eigenvalue weighted by Crippen LogP contribution is 2.27. The maximum atomic E-state index is 14.0. The molecule has 0 fully saturated rings. The zero-order valence-corrected chi connectivity index (χ0v) is 23.2. The van der Waals surface area contributed by atoms with E-state index in [-0.39, 0.29) is 17.9 Å². The Kier molecular flexibility index (Phi) is 7.81. The van der Waals surface area contributed by atoms with Crippen LogP contribution in [0.15, 0.2) is 102 Å². The second kappa shape index (κ2) is 12.1. The zero-order chi connectivity index (χ0) is 28.9. The predicted octanol–water partition coefficient (Wildman–Crippen LogP) is 6.15. The zero-order valence-electron chi connectivity index (χ0n) is 23.2. The molecule has 4 aromatic carbocycles. The minimum absolute atomic E-state index is 0.105. The van der Waals surface area contributed by atoms with E-state index in [4.69, 9.17) is 9.72 Å². The molecule has 0 atom stereocenters. The molecule has 0 radical (unpaired) electrons. The Morgan fingerprint density at radius 1 is 0.905 bits per heavy atom. The Morgan fingerprint density at radius 3 is 2.48 bits per heavy atom. The van der Waals surface area contributed by atoms with Gasteiger partial charge in [0, 0.05) is 12.0 Å². The maximum Gasteiger partial charge on any atom is 0.261 e. The number of unbranched alkanes of at least 4 members (excludes halogenated alkanes) is 1. The topological polar surface area (TPSA) is 87.7 Å². The van der Waals surface area contributed by atoms with Crippen molar-refractivity contribution in [1.82, 2.24) is 29.8 Å². The lowest BCUT2D eigenvalue weighted by molar-refractivity contribution is 0.290. The summed E-state index contributed by atoms with van der Waals surface area (Å²) in [5, 5.41) is 12.1. The molecule has 0 bridgehead atoms. The Balaban J connectivity index is 1.31. The van der Waals surface area contributed by atoms with Crippen LogP contribution in [-0.2, 0) is 19.6 Å². The van der Waals surface area contributed by atoms with E-state index in [1.165, 1.54) is 6.07 Å². The molecule has 0 aliphatic heterocycles. The first-order valence-electron chi connectivity index (χ1n) is 13.9. The van der Waals surface area contributed by atoms with Crippen LogP contribution in [-0.4, -0.2) is 29.8 Å². The van der Waals surface area contributed by atoms with E-state index in [0.717, 1.165) is 46.6 Å². The van der Waals surface area contributed by atoms with Crippen LogP contribution in [0.4, 0.5) is 4.39 Å². The van der Waals surface area contributed by atoms with Gasteiger partial charge in [0.25, 0.3) is 5.56 Å². The average molecular weight is 561 g/mol. The lowest BCUT2D eigenvalue weighted by Gasteiger charge is -2.15. The fourth-order valence-corrected chi connectivity index (χ4v) is 4.98. The number of aryl methyl sites for hydroxylation is 1. The van der Waals surface area contributed by atoms with Crippen LogP contribution in [0.3, 0.4) is 0 Å². The molecule has 0 amide bonds. The number of fused-ring (bicyclic) bond motifs is 1. The van der Waals surface area contributed by atoms with Crippen LogP contribution >= 0.6 is 0 Å². The van der Waals surface area contributed by atoms with Crippen molar-refractivity contribution in [1.29, 1.82) is 0 Å². The van der Waals surface area contributed by atoms with E-state index in [0.29, 0.717) is 23.9 Å². The van der Waals surface area contributed by atoms with Crippen LogP contribution in [0.5, 0.6) is 5.75 Å². The van der Waals surface area contributed by atoms with E-state index >= 15 is 0 Å². The van der Waals surface area contributed by atoms with Crippen molar-refractivity contribution in [2.24, 2.45) is 0 Å². The molecule has 8 nitrogen and oxygen atoms in total. The van der Waals surface area contributed by atoms with Crippen molar-refractivity contribution in [3.63, 3.8) is 0 Å². The average Bonchev–Trinajstić information content (AvgIpc) is 3.57. The molecule has 9 heteroatoms. The summed E-state index contributed by atoms with van der Waals surface area (Å²) >= 11 is 0. The van der Waals surface area contributed by atoms with Crippen molar-refractivity contribution in [2.45, 2.75) is 39.3 Å². The molecule has 6 aromatic rings. The third-order valence-electron chi connectivity index (χ3n) is 7.19. The number of aromatic nitrogens is 6. The van der Waals surface area contributed by atoms with E-state index in [1.807, 2.05) is 60.7 Å². The quantitative estimate of drug-likeness (QED) is 0.200. The van der Waals surface area contributed by atoms with Gasteiger partial charge in [-0.2, -0.15) is 4.68 Å². The lowest BCUT2D eigenvalue weighted by atomic mass is 10.0. The summed E-state index contributed by atoms with van der Waals surface area (Å²) in [6.07, 6.45) is 4.20. The number of rotatable bonds is 10. The number of halogens is 1. The molecule has 6 rings (SSSR count). The van der Waals surface area contributed by atoms with E-state index < -0.39 is 5.82 Å². The van der Waals surface area contributed by atoms with Crippen molar-refractivity contribution in [2.75, 3.05) is 0 Å². The second-order valence-electron chi connectivity index (χ2n) is 10.1. The van der Waals surface area contributed by atoms with Gasteiger partial charge in [-0.3, -0.25) is 9.36 Å². The molecule has 0 saturated heterocycles. The van der Waals surface area contributed by atoms with Crippen LogP contribution < -0.4 is 10.3 Å². The number of tetrazole rings is 1. The molecule has 42 heavy (non-hydrogen) atoms. The summed E-state index contributed by atoms with van der Waals surface area (Å²) < 4.78 is 23.1. The highest BCUT2D eigenvalue weighted by molar-refractivity contribution is 5.78. The Morgan fingerprint density at radius 2 is 1.69 bits per heavy atom. The normalized spacial score (nSPS) is 11.2. The van der Waals surface area contributed by atoms with Gasteiger partial charge >= 0.3 is 0 Å². The van der Waals surface area contributed by atoms with E-state index in [2.05, 4.69) is 22.4 Å². The van der Waals surface area contributed by atoms with Crippen molar-refractivity contribution >= 4 is 10.9 Å². The summed E-state index contributed by atoms with van der Waals surface area (Å²) in [6.45, 7) is 2.66. The molecular formula is C33H29FN6O2. The number of hydrogen-bond donors (Lipinski definition) is 0. The molecular weight excluding hydrogens is 531 g/mol. The van der Waals surface area contributed by atoms with Gasteiger partial charge in [-0.25, -0.2) is 9.37 Å². The van der Waals surface area contributed by atoms with Gasteiger partial charge in [-0.1, -0.05) is 74.0 Å². The Labute approximate surface area is 242 Å². The van der Waals surface area contributed by atoms with Crippen LogP contribution in [0.1, 0.15) is 36.7 Å².